The number of benzene rings is 2. The molecule has 2 aromatic heterocycles. The number of amides is 1. The van der Waals surface area contributed by atoms with Gasteiger partial charge in [-0.3, -0.25) is 23.3 Å². The molecule has 0 aliphatic rings. The average molecular weight is 811 g/mol. The average Bonchev–Trinajstić information content (AvgIpc) is 2.99. The molecular weight excluding hydrogens is 785 g/mol. The van der Waals surface area contributed by atoms with Gasteiger partial charge in [-0.25, -0.2) is 12.6 Å². The third-order valence-corrected chi connectivity index (χ3v) is 9.82. The van der Waals surface area contributed by atoms with Crippen LogP contribution in [0.4, 0.5) is 34.6 Å². The van der Waals surface area contributed by atoms with E-state index >= 15 is 0 Å². The van der Waals surface area contributed by atoms with E-state index in [-0.39, 0.29) is 75.1 Å². The van der Waals surface area contributed by atoms with Crippen LogP contribution in [0.15, 0.2) is 67.3 Å². The van der Waals surface area contributed by atoms with Crippen LogP contribution in [0.25, 0.3) is 0 Å². The van der Waals surface area contributed by atoms with E-state index in [2.05, 4.69) is 40.0 Å². The summed E-state index contributed by atoms with van der Waals surface area (Å²) in [6, 6.07) is 8.43. The van der Waals surface area contributed by atoms with Crippen LogP contribution in [0, 0.1) is 6.92 Å². The zero-order valence-corrected chi connectivity index (χ0v) is 32.2. The molecule has 4 rings (SSSR count). The Hall–Kier alpha value is -4.11. The Bertz CT molecular complexity index is 2470. The zero-order chi connectivity index (χ0) is 37.9. The van der Waals surface area contributed by atoms with Crippen LogP contribution >= 0.6 is 11.6 Å². The van der Waals surface area contributed by atoms with Gasteiger partial charge in [-0.2, -0.15) is 31.8 Å². The summed E-state index contributed by atoms with van der Waals surface area (Å²) in [6.45, 7) is 1.84. The van der Waals surface area contributed by atoms with E-state index in [1.165, 1.54) is 44.2 Å². The number of hydrogen-bond donors (Lipinski definition) is 6. The first-order chi connectivity index (χ1) is 23.7. The van der Waals surface area contributed by atoms with Crippen LogP contribution in [0.3, 0.4) is 0 Å². The number of sulfone groups is 1. The molecule has 7 N–H and O–H groups in total. The molecule has 2 aromatic carbocycles. The SMILES string of the molecule is CCn1c(O)c(C(N)=O)c(C)c(N=Nc2cc(Nc3nc(Cl)nc(Nc4cccc(S(=O)(=O)CCOS(=O)(=O)O)c4)n3)ccc2S(=O)(=O)O)c1=O.[Na]. The molecule has 0 saturated carbocycles. The van der Waals surface area contributed by atoms with Gasteiger partial charge in [0.2, 0.25) is 23.1 Å². The van der Waals surface area contributed by atoms with Gasteiger partial charge in [0.25, 0.3) is 21.6 Å². The number of nitrogens with zero attached hydrogens (tertiary/aromatic N) is 6. The summed E-state index contributed by atoms with van der Waals surface area (Å²) in [4.78, 5) is 36.0. The molecule has 1 amide bonds. The molecule has 1 radical (unpaired) electrons. The van der Waals surface area contributed by atoms with E-state index in [1.54, 1.807) is 0 Å². The summed E-state index contributed by atoms with van der Waals surface area (Å²) in [5.74, 6) is -2.96. The van der Waals surface area contributed by atoms with Crippen molar-refractivity contribution in [2.75, 3.05) is 23.0 Å². The number of carbonyl (C=O) groups is 1. The Morgan fingerprint density at radius 2 is 1.60 bits per heavy atom. The van der Waals surface area contributed by atoms with Crippen molar-refractivity contribution in [2.24, 2.45) is 16.0 Å². The molecule has 26 heteroatoms. The maximum Gasteiger partial charge on any atom is 0.397 e. The van der Waals surface area contributed by atoms with Crippen molar-refractivity contribution in [1.82, 2.24) is 19.5 Å². The van der Waals surface area contributed by atoms with Crippen molar-refractivity contribution in [1.29, 1.82) is 0 Å². The third-order valence-electron chi connectivity index (χ3n) is 6.61. The predicted octanol–water partition coefficient (Wildman–Crippen LogP) is 2.18. The molecule has 0 aliphatic heterocycles. The second kappa shape index (κ2) is 16.7. The van der Waals surface area contributed by atoms with E-state index in [9.17, 15) is 44.5 Å². The Morgan fingerprint density at radius 1 is 0.981 bits per heavy atom. The molecule has 0 saturated heterocycles. The number of primary amides is 1. The fourth-order valence-electron chi connectivity index (χ4n) is 4.36. The number of rotatable bonds is 14. The Labute approximate surface area is 322 Å². The van der Waals surface area contributed by atoms with Crippen LogP contribution in [0.2, 0.25) is 5.28 Å². The number of pyridine rings is 1. The summed E-state index contributed by atoms with van der Waals surface area (Å²) in [5, 5.41) is 23.1. The molecule has 21 nitrogen and oxygen atoms in total. The number of aromatic nitrogens is 4. The molecule has 0 atom stereocenters. The summed E-state index contributed by atoms with van der Waals surface area (Å²) < 4.78 is 94.3. The molecule has 273 valence electrons. The number of anilines is 4. The van der Waals surface area contributed by atoms with E-state index in [1.807, 2.05) is 0 Å². The van der Waals surface area contributed by atoms with Crippen LogP contribution in [-0.2, 0) is 41.1 Å². The van der Waals surface area contributed by atoms with E-state index in [0.29, 0.717) is 0 Å². The van der Waals surface area contributed by atoms with Gasteiger partial charge in [-0.15, -0.1) is 10.2 Å². The summed E-state index contributed by atoms with van der Waals surface area (Å²) in [7, 11) is -13.8. The topological polar surface area (TPSA) is 325 Å². The minimum Gasteiger partial charge on any atom is -0.494 e. The van der Waals surface area contributed by atoms with E-state index < -0.39 is 81.9 Å². The van der Waals surface area contributed by atoms with Gasteiger partial charge in [0.1, 0.15) is 16.1 Å². The third kappa shape index (κ3) is 10.5. The molecule has 0 fully saturated rings. The first-order valence-corrected chi connectivity index (χ1v) is 18.7. The van der Waals surface area contributed by atoms with Crippen LogP contribution in [-0.4, -0.2) is 107 Å². The van der Waals surface area contributed by atoms with Crippen molar-refractivity contribution in [3.8, 4) is 5.88 Å². The minimum atomic E-state index is -4.90. The van der Waals surface area contributed by atoms with Crippen LogP contribution in [0.5, 0.6) is 5.88 Å². The van der Waals surface area contributed by atoms with Crippen LogP contribution in [0.1, 0.15) is 22.8 Å². The van der Waals surface area contributed by atoms with Crippen molar-refractivity contribution in [3.05, 3.63) is 69.2 Å². The maximum atomic E-state index is 13.0. The number of hydrogen-bond acceptors (Lipinski definition) is 17. The Balaban J connectivity index is 0.00000729. The number of nitrogens with two attached hydrogens (primary N) is 1. The zero-order valence-electron chi connectivity index (χ0n) is 27.0. The normalized spacial score (nSPS) is 12.0. The predicted molar refractivity (Wildman–Crippen MR) is 185 cm³/mol. The van der Waals surface area contributed by atoms with E-state index in [4.69, 9.17) is 21.9 Å². The summed E-state index contributed by atoms with van der Waals surface area (Å²) in [6.07, 6.45) is 0. The van der Waals surface area contributed by atoms with Crippen molar-refractivity contribution in [3.63, 3.8) is 0 Å². The summed E-state index contributed by atoms with van der Waals surface area (Å²) >= 11 is 6.06. The number of aromatic hydroxyl groups is 1. The first kappa shape index (κ1) is 42.3. The Kier molecular flexibility index (Phi) is 13.6. The quantitative estimate of drug-likeness (QED) is 0.0604. The molecule has 0 aliphatic carbocycles. The van der Waals surface area contributed by atoms with Crippen molar-refractivity contribution in [2.45, 2.75) is 30.2 Å². The second-order valence-corrected chi connectivity index (χ2v) is 15.0. The van der Waals surface area contributed by atoms with Gasteiger partial charge >= 0.3 is 10.4 Å². The van der Waals surface area contributed by atoms with E-state index in [0.717, 1.165) is 16.7 Å². The van der Waals surface area contributed by atoms with Gasteiger partial charge in [0, 0.05) is 53.0 Å². The molecule has 0 bridgehead atoms. The van der Waals surface area contributed by atoms with Gasteiger partial charge in [0.05, 0.1) is 17.3 Å². The fraction of sp³-hybridized carbons (Fsp3) is 0.192. The number of nitrogens with one attached hydrogen (secondary N) is 2. The Morgan fingerprint density at radius 3 is 2.15 bits per heavy atom. The number of carbonyl (C=O) groups excluding carboxylic acids is 1. The van der Waals surface area contributed by atoms with Crippen molar-refractivity contribution < 1.29 is 48.4 Å². The van der Waals surface area contributed by atoms with Crippen LogP contribution < -0.4 is 21.9 Å². The van der Waals surface area contributed by atoms with Gasteiger partial charge in [-0.1, -0.05) is 6.07 Å². The molecule has 2 heterocycles. The smallest absolute Gasteiger partial charge is 0.397 e. The minimum absolute atomic E-state index is 0. The number of halogens is 1. The monoisotopic (exact) mass is 810 g/mol. The van der Waals surface area contributed by atoms with Crippen molar-refractivity contribution >= 4 is 112 Å². The van der Waals surface area contributed by atoms with Gasteiger partial charge in [0.15, 0.2) is 15.5 Å². The second-order valence-electron chi connectivity index (χ2n) is 10.0. The molecule has 52 heavy (non-hydrogen) atoms. The molecule has 0 spiro atoms. The maximum absolute atomic E-state index is 13.0. The standard InChI is InChI=1S/C26H26ClN9O12S3.Na/c1-3-36-22(38)19(21(28)37)13(2)20(23(36)39)35-34-17-12-15(7-8-18(17)50(42,43)44)30-26-32-24(27)31-25(33-26)29-14-5-4-6-16(11-14)49(40,41)10-9-48-51(45,46)47;/h4-8,11-12,38H,3,9-10H2,1-2H3,(H2,28,37)(H,42,43,44)(H,45,46,47)(H2,29,30,31,32,33);. The fourth-order valence-corrected chi connectivity index (χ4v) is 6.66. The van der Waals surface area contributed by atoms with Gasteiger partial charge < -0.3 is 21.5 Å². The largest absolute Gasteiger partial charge is 0.494 e. The molecule has 0 unspecified atom stereocenters. The summed E-state index contributed by atoms with van der Waals surface area (Å²) in [5.41, 5.74) is 3.19. The molecule has 4 aromatic rings. The molecular formula is C26H26ClN9NaO12S3. The van der Waals surface area contributed by atoms with Gasteiger partial charge in [-0.05, 0) is 61.8 Å². The first-order valence-electron chi connectivity index (χ1n) is 13.9. The number of azo groups is 1.